The van der Waals surface area contributed by atoms with Gasteiger partial charge in [0.15, 0.2) is 0 Å². The number of likely N-dealkylation sites (tertiary alicyclic amines) is 1. The molecule has 0 aliphatic carbocycles. The van der Waals surface area contributed by atoms with Crippen LogP contribution in [0.2, 0.25) is 5.04 Å². The van der Waals surface area contributed by atoms with Gasteiger partial charge in [0.2, 0.25) is 0 Å². The highest BCUT2D eigenvalue weighted by atomic mass is 28.4. The molecule has 0 amide bonds. The summed E-state index contributed by atoms with van der Waals surface area (Å²) in [7, 11) is -2.47. The lowest BCUT2D eigenvalue weighted by Crippen LogP contribution is -2.67. The SMILES string of the molecule is CC(C)(C)[Si](OCCN1CC2(COCC#CCOC2)C1)(c1ccccc1)c1ccccc1. The van der Waals surface area contributed by atoms with E-state index in [-0.39, 0.29) is 10.5 Å². The number of rotatable bonds is 6. The summed E-state index contributed by atoms with van der Waals surface area (Å²) in [5, 5.41) is 2.67. The van der Waals surface area contributed by atoms with E-state index in [0.717, 1.165) is 19.6 Å². The van der Waals surface area contributed by atoms with Crippen molar-refractivity contribution >= 4 is 18.7 Å². The Bertz CT molecular complexity index is 869. The van der Waals surface area contributed by atoms with Gasteiger partial charge in [-0.1, -0.05) is 93.3 Å². The zero-order valence-electron chi connectivity index (χ0n) is 19.6. The molecule has 0 saturated carbocycles. The molecule has 2 aliphatic heterocycles. The quantitative estimate of drug-likeness (QED) is 0.501. The van der Waals surface area contributed by atoms with Crippen molar-refractivity contribution in [1.29, 1.82) is 0 Å². The number of ether oxygens (including phenoxy) is 2. The monoisotopic (exact) mass is 449 g/mol. The van der Waals surface area contributed by atoms with Gasteiger partial charge in [0.05, 0.1) is 13.2 Å². The van der Waals surface area contributed by atoms with E-state index in [1.165, 1.54) is 10.4 Å². The molecule has 1 fully saturated rings. The Morgan fingerprint density at radius 1 is 0.875 bits per heavy atom. The second-order valence-electron chi connectivity index (χ2n) is 10.1. The fraction of sp³-hybridized carbons (Fsp3) is 0.481. The Morgan fingerprint density at radius 2 is 1.38 bits per heavy atom. The molecule has 0 radical (unpaired) electrons. The van der Waals surface area contributed by atoms with Gasteiger partial charge in [-0.15, -0.1) is 0 Å². The third-order valence-corrected chi connectivity index (χ3v) is 11.6. The Morgan fingerprint density at radius 3 is 1.84 bits per heavy atom. The second kappa shape index (κ2) is 9.90. The highest BCUT2D eigenvalue weighted by Crippen LogP contribution is 2.37. The normalized spacial score (nSPS) is 19.2. The first-order chi connectivity index (χ1) is 15.5. The number of hydrogen-bond acceptors (Lipinski definition) is 4. The van der Waals surface area contributed by atoms with Gasteiger partial charge in [-0.25, -0.2) is 0 Å². The summed E-state index contributed by atoms with van der Waals surface area (Å²) in [6.45, 7) is 13.0. The Hall–Kier alpha value is -1.94. The standard InChI is InChI=1S/C27H35NO3Si/c1-26(2,3)32(24-12-6-4-7-13-24,25-14-8-5-9-15-25)31-19-16-28-20-27(21-28)22-29-17-10-11-18-30-23-27/h4-9,12-15H,16-23H2,1-3H3. The first-order valence-electron chi connectivity index (χ1n) is 11.5. The minimum absolute atomic E-state index is 0.00530. The molecule has 32 heavy (non-hydrogen) atoms. The van der Waals surface area contributed by atoms with Crippen LogP contribution in [0.1, 0.15) is 20.8 Å². The molecular weight excluding hydrogens is 414 g/mol. The predicted molar refractivity (Wildman–Crippen MR) is 132 cm³/mol. The number of nitrogens with zero attached hydrogens (tertiary/aromatic N) is 1. The minimum atomic E-state index is -2.47. The van der Waals surface area contributed by atoms with Crippen LogP contribution in [0.15, 0.2) is 60.7 Å². The van der Waals surface area contributed by atoms with Crippen LogP contribution in [0.25, 0.3) is 0 Å². The van der Waals surface area contributed by atoms with Gasteiger partial charge in [0.1, 0.15) is 13.2 Å². The van der Waals surface area contributed by atoms with Gasteiger partial charge in [0.25, 0.3) is 8.32 Å². The van der Waals surface area contributed by atoms with E-state index in [1.54, 1.807) is 0 Å². The largest absolute Gasteiger partial charge is 0.406 e. The average molecular weight is 450 g/mol. The van der Waals surface area contributed by atoms with Gasteiger partial charge in [-0.3, -0.25) is 4.90 Å². The minimum Gasteiger partial charge on any atom is -0.406 e. The van der Waals surface area contributed by atoms with E-state index in [1.807, 2.05) is 0 Å². The van der Waals surface area contributed by atoms with Gasteiger partial charge >= 0.3 is 0 Å². The number of benzene rings is 2. The summed E-state index contributed by atoms with van der Waals surface area (Å²) in [5.74, 6) is 5.99. The molecule has 2 aliphatic rings. The van der Waals surface area contributed by atoms with E-state index < -0.39 is 8.32 Å². The lowest BCUT2D eigenvalue weighted by atomic mass is 9.81. The van der Waals surface area contributed by atoms with Crippen LogP contribution in [0.5, 0.6) is 0 Å². The smallest absolute Gasteiger partial charge is 0.261 e. The zero-order valence-corrected chi connectivity index (χ0v) is 20.6. The Labute approximate surface area is 194 Å². The van der Waals surface area contributed by atoms with Crippen molar-refractivity contribution in [3.8, 4) is 11.8 Å². The topological polar surface area (TPSA) is 30.9 Å². The van der Waals surface area contributed by atoms with Crippen LogP contribution in [-0.4, -0.2) is 65.9 Å². The van der Waals surface area contributed by atoms with Crippen molar-refractivity contribution in [3.63, 3.8) is 0 Å². The molecule has 5 heteroatoms. The molecule has 170 valence electrons. The molecular formula is C27H35NO3Si. The van der Waals surface area contributed by atoms with Crippen molar-refractivity contribution in [2.75, 3.05) is 52.7 Å². The van der Waals surface area contributed by atoms with E-state index in [4.69, 9.17) is 13.9 Å². The van der Waals surface area contributed by atoms with E-state index >= 15 is 0 Å². The zero-order chi connectivity index (χ0) is 22.5. The molecule has 2 heterocycles. The maximum Gasteiger partial charge on any atom is 0.261 e. The molecule has 2 aromatic rings. The Kier molecular flexibility index (Phi) is 7.19. The average Bonchev–Trinajstić information content (AvgIpc) is 2.89. The van der Waals surface area contributed by atoms with Gasteiger partial charge in [-0.2, -0.15) is 0 Å². The van der Waals surface area contributed by atoms with Crippen LogP contribution >= 0.6 is 0 Å². The third-order valence-electron chi connectivity index (χ3n) is 6.55. The molecule has 0 atom stereocenters. The second-order valence-corrected chi connectivity index (χ2v) is 14.4. The summed E-state index contributed by atoms with van der Waals surface area (Å²) >= 11 is 0. The summed E-state index contributed by atoms with van der Waals surface area (Å²) in [4.78, 5) is 2.46. The molecule has 4 rings (SSSR count). The number of hydrogen-bond donors (Lipinski definition) is 0. The molecule has 1 spiro atoms. The van der Waals surface area contributed by atoms with Gasteiger partial charge in [-0.05, 0) is 15.4 Å². The molecule has 0 unspecified atom stereocenters. The summed E-state index contributed by atoms with van der Waals surface area (Å²) in [5.41, 5.74) is 0.0884. The maximum atomic E-state index is 7.03. The first kappa shape index (κ1) is 23.2. The van der Waals surface area contributed by atoms with Crippen LogP contribution in [-0.2, 0) is 13.9 Å². The van der Waals surface area contributed by atoms with Crippen LogP contribution < -0.4 is 10.4 Å². The highest BCUT2D eigenvalue weighted by Gasteiger charge is 2.50. The van der Waals surface area contributed by atoms with Crippen molar-refractivity contribution in [3.05, 3.63) is 60.7 Å². The maximum absolute atomic E-state index is 7.03. The van der Waals surface area contributed by atoms with Crippen molar-refractivity contribution in [1.82, 2.24) is 4.90 Å². The third kappa shape index (κ3) is 4.85. The lowest BCUT2D eigenvalue weighted by molar-refractivity contribution is -0.103. The highest BCUT2D eigenvalue weighted by molar-refractivity contribution is 6.99. The Balaban J connectivity index is 1.46. The summed E-state index contributed by atoms with van der Waals surface area (Å²) in [6, 6.07) is 21.7. The fourth-order valence-electron chi connectivity index (χ4n) is 5.11. The van der Waals surface area contributed by atoms with Crippen LogP contribution in [0, 0.1) is 17.3 Å². The fourth-order valence-corrected chi connectivity index (χ4v) is 9.67. The van der Waals surface area contributed by atoms with Crippen molar-refractivity contribution < 1.29 is 13.9 Å². The van der Waals surface area contributed by atoms with E-state index in [0.29, 0.717) is 33.0 Å². The molecule has 2 aromatic carbocycles. The lowest BCUT2D eigenvalue weighted by Gasteiger charge is -2.50. The van der Waals surface area contributed by atoms with Gasteiger partial charge < -0.3 is 13.9 Å². The predicted octanol–water partition coefficient (Wildman–Crippen LogP) is 2.92. The van der Waals surface area contributed by atoms with Crippen molar-refractivity contribution in [2.45, 2.75) is 25.8 Å². The van der Waals surface area contributed by atoms with Crippen LogP contribution in [0.3, 0.4) is 0 Å². The summed E-state index contributed by atoms with van der Waals surface area (Å²) in [6.07, 6.45) is 0. The van der Waals surface area contributed by atoms with E-state index in [9.17, 15) is 0 Å². The van der Waals surface area contributed by atoms with Gasteiger partial charge in [0, 0.05) is 31.7 Å². The first-order valence-corrected chi connectivity index (χ1v) is 13.4. The molecule has 1 saturated heterocycles. The molecule has 0 bridgehead atoms. The van der Waals surface area contributed by atoms with Crippen molar-refractivity contribution in [2.24, 2.45) is 5.41 Å². The molecule has 4 nitrogen and oxygen atoms in total. The molecule has 0 aromatic heterocycles. The van der Waals surface area contributed by atoms with Crippen LogP contribution in [0.4, 0.5) is 0 Å². The molecule has 0 N–H and O–H groups in total. The van der Waals surface area contributed by atoms with E-state index in [2.05, 4.69) is 98.2 Å². The summed E-state index contributed by atoms with van der Waals surface area (Å²) < 4.78 is 18.6.